The molecule has 0 saturated heterocycles. The van der Waals surface area contributed by atoms with Crippen LogP contribution in [-0.4, -0.2) is 4.98 Å². The average Bonchev–Trinajstić information content (AvgIpc) is 2.38. The van der Waals surface area contributed by atoms with Crippen LogP contribution in [0.1, 0.15) is 24.5 Å². The van der Waals surface area contributed by atoms with E-state index in [1.165, 1.54) is 10.3 Å². The molecule has 0 bridgehead atoms. The fourth-order valence-corrected chi connectivity index (χ4v) is 3.39. The first-order chi connectivity index (χ1) is 9.17. The quantitative estimate of drug-likeness (QED) is 0.697. The smallest absolute Gasteiger partial charge is 0.0814 e. The molecule has 0 saturated carbocycles. The van der Waals surface area contributed by atoms with Gasteiger partial charge in [-0.25, -0.2) is 4.98 Å². The van der Waals surface area contributed by atoms with E-state index < -0.39 is 0 Å². The molecule has 19 heavy (non-hydrogen) atoms. The first kappa shape index (κ1) is 12.3. The zero-order chi connectivity index (χ0) is 13.4. The first-order valence-corrected chi connectivity index (χ1v) is 7.38. The minimum absolute atomic E-state index is 0.638. The number of aromatic nitrogens is 1. The lowest BCUT2D eigenvalue weighted by atomic mass is 10.1. The summed E-state index contributed by atoms with van der Waals surface area (Å²) in [4.78, 5) is 5.83. The molecule has 96 valence electrons. The van der Waals surface area contributed by atoms with Crippen molar-refractivity contribution in [1.82, 2.24) is 4.98 Å². The Balaban J connectivity index is 2.30. The van der Waals surface area contributed by atoms with Gasteiger partial charge in [0.05, 0.1) is 26.1 Å². The Hall–Kier alpha value is -1.74. The highest BCUT2D eigenvalue weighted by Crippen LogP contribution is 2.30. The highest BCUT2D eigenvalue weighted by atomic mass is 32.1. The van der Waals surface area contributed by atoms with Crippen LogP contribution >= 0.6 is 11.3 Å². The van der Waals surface area contributed by atoms with Gasteiger partial charge in [0.15, 0.2) is 0 Å². The predicted octanol–water partition coefficient (Wildman–Crippen LogP) is 4.14. The summed E-state index contributed by atoms with van der Waals surface area (Å²) in [7, 11) is 0. The lowest BCUT2D eigenvalue weighted by molar-refractivity contribution is 0.902. The molecule has 2 aliphatic rings. The van der Waals surface area contributed by atoms with Crippen LogP contribution < -0.4 is 5.36 Å². The molecule has 2 nitrogen and oxygen atoms in total. The molecular formula is C16H16N2S. The Labute approximate surface area is 116 Å². The van der Waals surface area contributed by atoms with Gasteiger partial charge in [-0.1, -0.05) is 19.4 Å². The Morgan fingerprint density at radius 2 is 2.05 bits per heavy atom. The Morgan fingerprint density at radius 3 is 2.84 bits per heavy atom. The topological polar surface area (TPSA) is 36.7 Å². The van der Waals surface area contributed by atoms with Crippen molar-refractivity contribution in [3.05, 3.63) is 46.8 Å². The predicted molar refractivity (Wildman–Crippen MR) is 80.8 cm³/mol. The maximum Gasteiger partial charge on any atom is 0.0814 e. The van der Waals surface area contributed by atoms with E-state index in [0.29, 0.717) is 5.36 Å². The van der Waals surface area contributed by atoms with Crippen LogP contribution in [0.3, 0.4) is 0 Å². The molecule has 0 spiro atoms. The molecule has 1 aromatic rings. The second kappa shape index (κ2) is 4.74. The van der Waals surface area contributed by atoms with Crippen molar-refractivity contribution in [3.8, 4) is 10.6 Å². The van der Waals surface area contributed by atoms with Gasteiger partial charge >= 0.3 is 0 Å². The van der Waals surface area contributed by atoms with Crippen molar-refractivity contribution in [3.63, 3.8) is 0 Å². The Bertz CT molecular complexity index is 773. The maximum atomic E-state index is 8.09. The fourth-order valence-electron chi connectivity index (χ4n) is 2.30. The molecule has 0 unspecified atom stereocenters. The van der Waals surface area contributed by atoms with Gasteiger partial charge in [0.1, 0.15) is 0 Å². The zero-order valence-corrected chi connectivity index (χ0v) is 12.0. The van der Waals surface area contributed by atoms with Crippen molar-refractivity contribution in [1.29, 1.82) is 5.41 Å². The number of fused-ring (bicyclic) bond motifs is 2. The minimum Gasteiger partial charge on any atom is -0.301 e. The molecule has 1 N–H and O–H groups in total. The van der Waals surface area contributed by atoms with E-state index in [1.54, 1.807) is 11.3 Å². The van der Waals surface area contributed by atoms with Crippen LogP contribution in [0.2, 0.25) is 0 Å². The van der Waals surface area contributed by atoms with Crippen LogP contribution in [0.4, 0.5) is 0 Å². The largest absolute Gasteiger partial charge is 0.301 e. The van der Waals surface area contributed by atoms with E-state index in [2.05, 4.69) is 38.1 Å². The summed E-state index contributed by atoms with van der Waals surface area (Å²) in [5, 5.41) is 8.72. The molecule has 0 fully saturated rings. The van der Waals surface area contributed by atoms with Crippen molar-refractivity contribution in [2.24, 2.45) is 0 Å². The average molecular weight is 268 g/mol. The summed E-state index contributed by atoms with van der Waals surface area (Å²) >= 11 is 1.72. The lowest BCUT2D eigenvalue weighted by Crippen LogP contribution is -2.08. The standard InChI is InChI=1S/C16H16N2S/c1-3-4-11-8-14-16(9-12(11)17)19-15-7-10(2)5-6-13(15)18-14/h5-9,17H,3-4H2,1-2H3. The second-order valence-electron chi connectivity index (χ2n) is 4.91. The van der Waals surface area contributed by atoms with E-state index >= 15 is 0 Å². The summed E-state index contributed by atoms with van der Waals surface area (Å²) in [5.41, 5.74) is 4.41. The second-order valence-corrected chi connectivity index (χ2v) is 6.00. The van der Waals surface area contributed by atoms with Crippen molar-refractivity contribution in [2.75, 3.05) is 0 Å². The molecule has 0 aromatic heterocycles. The Morgan fingerprint density at radius 1 is 1.21 bits per heavy atom. The molecule has 1 heterocycles. The molecule has 0 atom stereocenters. The summed E-state index contributed by atoms with van der Waals surface area (Å²) < 4.78 is 1.19. The Kier molecular flexibility index (Phi) is 3.07. The molecule has 3 heteroatoms. The van der Waals surface area contributed by atoms with E-state index in [-0.39, 0.29) is 0 Å². The van der Waals surface area contributed by atoms with Crippen LogP contribution in [0.15, 0.2) is 30.3 Å². The summed E-state index contributed by atoms with van der Waals surface area (Å²) in [6.07, 6.45) is 2.01. The van der Waals surface area contributed by atoms with Gasteiger partial charge in [0.25, 0.3) is 0 Å². The highest BCUT2D eigenvalue weighted by Gasteiger charge is 2.09. The van der Waals surface area contributed by atoms with Crippen LogP contribution in [0, 0.1) is 12.3 Å². The summed E-state index contributed by atoms with van der Waals surface area (Å²) in [6.45, 7) is 4.24. The van der Waals surface area contributed by atoms with Gasteiger partial charge in [-0.3, -0.25) is 0 Å². The van der Waals surface area contributed by atoms with Crippen LogP contribution in [0.5, 0.6) is 0 Å². The highest BCUT2D eigenvalue weighted by molar-refractivity contribution is 7.21. The van der Waals surface area contributed by atoms with Gasteiger partial charge in [0, 0.05) is 0 Å². The van der Waals surface area contributed by atoms with Crippen molar-refractivity contribution >= 4 is 21.6 Å². The fraction of sp³-hybridized carbons (Fsp3) is 0.250. The van der Waals surface area contributed by atoms with Crippen molar-refractivity contribution < 1.29 is 0 Å². The van der Waals surface area contributed by atoms with Gasteiger partial charge < -0.3 is 5.41 Å². The van der Waals surface area contributed by atoms with E-state index in [0.717, 1.165) is 34.5 Å². The molecule has 1 aromatic carbocycles. The number of nitrogens with one attached hydrogen (secondary N) is 1. The number of aryl methyl sites for hydroxylation is 2. The maximum absolute atomic E-state index is 8.09. The van der Waals surface area contributed by atoms with Gasteiger partial charge in [0.2, 0.25) is 0 Å². The number of benzene rings is 2. The zero-order valence-electron chi connectivity index (χ0n) is 11.2. The third-order valence-corrected chi connectivity index (χ3v) is 4.37. The molecule has 0 amide bonds. The number of rotatable bonds is 2. The molecular weight excluding hydrogens is 252 g/mol. The van der Waals surface area contributed by atoms with Gasteiger partial charge in [-0.15, -0.1) is 11.3 Å². The number of nitrogens with zero attached hydrogens (tertiary/aromatic N) is 1. The SMILES string of the molecule is CCCc1cc2nc3ccc(C)cc3sc-2cc1=N. The summed E-state index contributed by atoms with van der Waals surface area (Å²) in [5.74, 6) is 0. The molecule has 3 rings (SSSR count). The van der Waals surface area contributed by atoms with Crippen LogP contribution in [-0.2, 0) is 6.42 Å². The minimum atomic E-state index is 0.638. The van der Waals surface area contributed by atoms with Gasteiger partial charge in [-0.2, -0.15) is 0 Å². The molecule has 1 aliphatic heterocycles. The van der Waals surface area contributed by atoms with Gasteiger partial charge in [-0.05, 0) is 48.7 Å². The van der Waals surface area contributed by atoms with E-state index in [1.807, 2.05) is 6.07 Å². The van der Waals surface area contributed by atoms with Crippen LogP contribution in [0.25, 0.3) is 20.8 Å². The molecule has 1 aliphatic carbocycles. The van der Waals surface area contributed by atoms with Crippen molar-refractivity contribution in [2.45, 2.75) is 26.7 Å². The third-order valence-electron chi connectivity index (χ3n) is 3.28. The number of hydrogen-bond donors (Lipinski definition) is 1. The van der Waals surface area contributed by atoms with E-state index in [9.17, 15) is 0 Å². The lowest BCUT2D eigenvalue weighted by Gasteiger charge is -2.09. The number of hydrogen-bond acceptors (Lipinski definition) is 3. The monoisotopic (exact) mass is 268 g/mol. The third kappa shape index (κ3) is 2.26. The first-order valence-electron chi connectivity index (χ1n) is 6.56. The normalized spacial score (nSPS) is 11.3. The summed E-state index contributed by atoms with van der Waals surface area (Å²) in [6, 6.07) is 10.4. The van der Waals surface area contributed by atoms with E-state index in [4.69, 9.17) is 10.4 Å². The molecule has 0 radical (unpaired) electrons.